The van der Waals surface area contributed by atoms with Gasteiger partial charge in [-0.1, -0.05) is 0 Å². The maximum atomic E-state index is 5.16. The van der Waals surface area contributed by atoms with E-state index in [1.165, 1.54) is 0 Å². The van der Waals surface area contributed by atoms with Gasteiger partial charge in [0.25, 0.3) is 0 Å². The fourth-order valence-corrected chi connectivity index (χ4v) is 2.91. The first kappa shape index (κ1) is 15.4. The lowest BCUT2D eigenvalue weighted by Crippen LogP contribution is -2.09. The molecule has 2 aromatic heterocycles. The van der Waals surface area contributed by atoms with E-state index in [1.54, 1.807) is 18.4 Å². The van der Waals surface area contributed by atoms with Gasteiger partial charge in [-0.3, -0.25) is 0 Å². The van der Waals surface area contributed by atoms with Gasteiger partial charge >= 0.3 is 0 Å². The zero-order valence-corrected chi connectivity index (χ0v) is 14.1. The number of hydrogen-bond acceptors (Lipinski definition) is 6. The van der Waals surface area contributed by atoms with Gasteiger partial charge in [0, 0.05) is 10.9 Å². The van der Waals surface area contributed by atoms with E-state index in [0.717, 1.165) is 33.5 Å². The zero-order valence-electron chi connectivity index (χ0n) is 13.3. The van der Waals surface area contributed by atoms with Crippen molar-refractivity contribution in [3.8, 4) is 17.0 Å². The van der Waals surface area contributed by atoms with E-state index >= 15 is 0 Å². The first-order valence-electron chi connectivity index (χ1n) is 7.32. The van der Waals surface area contributed by atoms with Gasteiger partial charge < -0.3 is 10.1 Å². The predicted molar refractivity (Wildman–Crippen MR) is 92.9 cm³/mol. The minimum atomic E-state index is 0.0982. The summed E-state index contributed by atoms with van der Waals surface area (Å²) in [4.78, 5) is 4.48. The third-order valence-electron chi connectivity index (χ3n) is 3.50. The van der Waals surface area contributed by atoms with Crippen LogP contribution in [-0.4, -0.2) is 22.3 Å². The van der Waals surface area contributed by atoms with Gasteiger partial charge in [0.15, 0.2) is 0 Å². The van der Waals surface area contributed by atoms with Crippen LogP contribution in [-0.2, 0) is 0 Å². The lowest BCUT2D eigenvalue weighted by Gasteiger charge is -2.12. The number of ether oxygens (including phenoxy) is 1. The van der Waals surface area contributed by atoms with Crippen LogP contribution in [0.1, 0.15) is 23.7 Å². The van der Waals surface area contributed by atoms with E-state index in [0.29, 0.717) is 0 Å². The number of aromatic nitrogens is 3. The summed E-state index contributed by atoms with van der Waals surface area (Å²) < 4.78 is 5.16. The van der Waals surface area contributed by atoms with Gasteiger partial charge in [-0.25, -0.2) is 4.98 Å². The van der Waals surface area contributed by atoms with Crippen LogP contribution < -0.4 is 10.1 Å². The Kier molecular flexibility index (Phi) is 4.52. The smallest absolute Gasteiger partial charge is 0.149 e. The number of hydrogen-bond donors (Lipinski definition) is 1. The molecule has 0 aliphatic rings. The summed E-state index contributed by atoms with van der Waals surface area (Å²) in [6.45, 7) is 4.07. The van der Waals surface area contributed by atoms with Crippen LogP contribution in [0.4, 0.5) is 5.82 Å². The van der Waals surface area contributed by atoms with Crippen molar-refractivity contribution in [1.82, 2.24) is 15.2 Å². The van der Waals surface area contributed by atoms with Gasteiger partial charge in [-0.05, 0) is 50.2 Å². The average Bonchev–Trinajstić information content (AvgIpc) is 3.02. The molecule has 3 aromatic rings. The molecular weight excluding hydrogens is 308 g/mol. The van der Waals surface area contributed by atoms with Crippen molar-refractivity contribution in [2.45, 2.75) is 19.9 Å². The number of nitrogens with zero attached hydrogens (tertiary/aromatic N) is 3. The first-order valence-corrected chi connectivity index (χ1v) is 8.20. The fraction of sp³-hybridized carbons (Fsp3) is 0.235. The Hall–Kier alpha value is -2.47. The number of aryl methyl sites for hydroxylation is 1. The molecule has 3 rings (SSSR count). The van der Waals surface area contributed by atoms with Crippen LogP contribution in [0.3, 0.4) is 0 Å². The van der Waals surface area contributed by atoms with Crippen molar-refractivity contribution in [2.24, 2.45) is 0 Å². The van der Waals surface area contributed by atoms with Gasteiger partial charge in [-0.15, -0.1) is 21.5 Å². The number of benzene rings is 1. The molecule has 0 amide bonds. The second-order valence-corrected chi connectivity index (χ2v) is 6.25. The molecular formula is C17H18N4OS. The van der Waals surface area contributed by atoms with E-state index in [2.05, 4.69) is 32.8 Å². The molecule has 23 heavy (non-hydrogen) atoms. The lowest BCUT2D eigenvalue weighted by atomic mass is 10.1. The summed E-state index contributed by atoms with van der Waals surface area (Å²) in [5, 5.41) is 15.0. The molecule has 0 saturated carbocycles. The van der Waals surface area contributed by atoms with E-state index < -0.39 is 0 Å². The molecule has 1 unspecified atom stereocenters. The maximum Gasteiger partial charge on any atom is 0.149 e. The Balaban J connectivity index is 1.71. The molecule has 1 N–H and O–H groups in total. The van der Waals surface area contributed by atoms with Crippen LogP contribution in [0.2, 0.25) is 0 Å². The van der Waals surface area contributed by atoms with E-state index in [4.69, 9.17) is 4.74 Å². The molecule has 0 saturated heterocycles. The third kappa shape index (κ3) is 3.65. The normalized spacial score (nSPS) is 12.0. The second-order valence-electron chi connectivity index (χ2n) is 5.19. The Bertz CT molecular complexity index is 768. The molecule has 1 atom stereocenters. The Morgan fingerprint density at radius 3 is 2.43 bits per heavy atom. The van der Waals surface area contributed by atoms with Gasteiger partial charge in [-0.2, -0.15) is 0 Å². The highest BCUT2D eigenvalue weighted by Gasteiger charge is 2.10. The number of thiazole rings is 1. The summed E-state index contributed by atoms with van der Waals surface area (Å²) >= 11 is 1.65. The van der Waals surface area contributed by atoms with Crippen LogP contribution in [0.25, 0.3) is 11.3 Å². The van der Waals surface area contributed by atoms with Crippen molar-refractivity contribution < 1.29 is 4.74 Å². The average molecular weight is 326 g/mol. The monoisotopic (exact) mass is 326 g/mol. The van der Waals surface area contributed by atoms with Crippen LogP contribution in [0.5, 0.6) is 5.75 Å². The number of nitrogens with one attached hydrogen (secondary N) is 1. The third-order valence-corrected chi connectivity index (χ3v) is 4.29. The Morgan fingerprint density at radius 1 is 1.09 bits per heavy atom. The maximum absolute atomic E-state index is 5.16. The van der Waals surface area contributed by atoms with Crippen molar-refractivity contribution in [2.75, 3.05) is 12.4 Å². The topological polar surface area (TPSA) is 59.9 Å². The lowest BCUT2D eigenvalue weighted by molar-refractivity contribution is 0.415. The number of anilines is 1. The highest BCUT2D eigenvalue weighted by Crippen LogP contribution is 2.22. The SMILES string of the molecule is COc1ccc(-c2ccc(NC(C)c3csc(C)n3)nn2)cc1. The van der Waals surface area contributed by atoms with Gasteiger partial charge in [0.1, 0.15) is 11.6 Å². The molecule has 6 heteroatoms. The van der Waals surface area contributed by atoms with E-state index in [-0.39, 0.29) is 6.04 Å². The van der Waals surface area contributed by atoms with E-state index in [9.17, 15) is 0 Å². The quantitative estimate of drug-likeness (QED) is 0.765. The molecule has 0 radical (unpaired) electrons. The summed E-state index contributed by atoms with van der Waals surface area (Å²) in [5.74, 6) is 1.56. The Labute approximate surface area is 139 Å². The zero-order chi connectivity index (χ0) is 16.2. The van der Waals surface area contributed by atoms with Crippen molar-refractivity contribution in [3.05, 3.63) is 52.5 Å². The Morgan fingerprint density at radius 2 is 1.87 bits per heavy atom. The minimum absolute atomic E-state index is 0.0982. The van der Waals surface area contributed by atoms with Crippen LogP contribution >= 0.6 is 11.3 Å². The molecule has 1 aromatic carbocycles. The molecule has 0 fully saturated rings. The van der Waals surface area contributed by atoms with Crippen LogP contribution in [0.15, 0.2) is 41.8 Å². The van der Waals surface area contributed by atoms with Crippen molar-refractivity contribution >= 4 is 17.2 Å². The summed E-state index contributed by atoms with van der Waals surface area (Å²) in [6.07, 6.45) is 0. The van der Waals surface area contributed by atoms with Gasteiger partial charge in [0.05, 0.1) is 29.5 Å². The molecule has 0 spiro atoms. The van der Waals surface area contributed by atoms with Crippen molar-refractivity contribution in [3.63, 3.8) is 0 Å². The second kappa shape index (κ2) is 6.75. The predicted octanol–water partition coefficient (Wildman–Crippen LogP) is 4.09. The molecule has 0 aliphatic carbocycles. The van der Waals surface area contributed by atoms with E-state index in [1.807, 2.05) is 43.3 Å². The number of rotatable bonds is 5. The summed E-state index contributed by atoms with van der Waals surface area (Å²) in [7, 11) is 1.65. The molecule has 5 nitrogen and oxygen atoms in total. The molecule has 2 heterocycles. The van der Waals surface area contributed by atoms with Gasteiger partial charge in [0.2, 0.25) is 0 Å². The molecule has 0 aliphatic heterocycles. The molecule has 118 valence electrons. The molecule has 0 bridgehead atoms. The minimum Gasteiger partial charge on any atom is -0.497 e. The van der Waals surface area contributed by atoms with Crippen molar-refractivity contribution in [1.29, 1.82) is 0 Å². The fourth-order valence-electron chi connectivity index (χ4n) is 2.20. The summed E-state index contributed by atoms with van der Waals surface area (Å²) in [5.41, 5.74) is 2.86. The summed E-state index contributed by atoms with van der Waals surface area (Å²) in [6, 6.07) is 11.7. The van der Waals surface area contributed by atoms with Crippen LogP contribution in [0, 0.1) is 6.92 Å². The standard InChI is InChI=1S/C17H18N4OS/c1-11(16-10-23-12(2)19-16)18-17-9-8-15(20-21-17)13-4-6-14(22-3)7-5-13/h4-11H,1-3H3,(H,18,21). The largest absolute Gasteiger partial charge is 0.497 e. The number of methoxy groups -OCH3 is 1. The first-order chi connectivity index (χ1) is 11.2. The highest BCUT2D eigenvalue weighted by molar-refractivity contribution is 7.09. The highest BCUT2D eigenvalue weighted by atomic mass is 32.1.